The molecule has 0 unspecified atom stereocenters. The van der Waals surface area contributed by atoms with Crippen molar-refractivity contribution >= 4 is 16.8 Å². The molecule has 0 fully saturated rings. The van der Waals surface area contributed by atoms with Crippen LogP contribution in [0.1, 0.15) is 30.8 Å². The quantitative estimate of drug-likeness (QED) is 0.699. The zero-order valence-corrected chi connectivity index (χ0v) is 14.1. The summed E-state index contributed by atoms with van der Waals surface area (Å²) >= 11 is 0. The Morgan fingerprint density at radius 3 is 2.88 bits per heavy atom. The van der Waals surface area contributed by atoms with Gasteiger partial charge in [-0.25, -0.2) is 0 Å². The van der Waals surface area contributed by atoms with Crippen molar-refractivity contribution in [3.63, 3.8) is 0 Å². The number of amides is 1. The van der Waals surface area contributed by atoms with Crippen LogP contribution in [0.4, 0.5) is 0 Å². The predicted molar refractivity (Wildman–Crippen MR) is 94.5 cm³/mol. The van der Waals surface area contributed by atoms with Crippen molar-refractivity contribution in [2.45, 2.75) is 25.9 Å². The van der Waals surface area contributed by atoms with E-state index in [1.807, 2.05) is 31.3 Å². The highest BCUT2D eigenvalue weighted by atomic mass is 16.3. The third-order valence-electron chi connectivity index (χ3n) is 4.39. The van der Waals surface area contributed by atoms with Crippen LogP contribution < -0.4 is 5.32 Å². The highest BCUT2D eigenvalue weighted by Crippen LogP contribution is 2.23. The van der Waals surface area contributed by atoms with Crippen molar-refractivity contribution in [2.75, 3.05) is 13.6 Å². The Morgan fingerprint density at radius 2 is 2.12 bits per heavy atom. The molecule has 2 aromatic heterocycles. The number of rotatable bonds is 7. The van der Waals surface area contributed by atoms with Crippen molar-refractivity contribution in [2.24, 2.45) is 0 Å². The third-order valence-corrected chi connectivity index (χ3v) is 4.39. The number of carbonyl (C=O) groups is 1. The summed E-state index contributed by atoms with van der Waals surface area (Å²) in [6.45, 7) is 3.28. The van der Waals surface area contributed by atoms with Crippen LogP contribution in [0.15, 0.2) is 53.1 Å². The lowest BCUT2D eigenvalue weighted by Gasteiger charge is -2.23. The number of nitrogens with zero attached hydrogens (tertiary/aromatic N) is 1. The molecule has 1 aromatic carbocycles. The first-order valence-corrected chi connectivity index (χ1v) is 8.20. The van der Waals surface area contributed by atoms with Crippen molar-refractivity contribution in [3.8, 4) is 0 Å². The molecule has 1 atom stereocenters. The van der Waals surface area contributed by atoms with Gasteiger partial charge in [0, 0.05) is 30.2 Å². The topological polar surface area (TPSA) is 61.3 Å². The molecule has 1 amide bonds. The molecule has 0 aliphatic rings. The number of furan rings is 1. The molecule has 5 heteroatoms. The van der Waals surface area contributed by atoms with E-state index in [0.29, 0.717) is 19.5 Å². The number of carbonyl (C=O) groups excluding carboxylic acids is 1. The van der Waals surface area contributed by atoms with E-state index in [2.05, 4.69) is 40.3 Å². The Bertz CT molecular complexity index is 759. The molecule has 2 heterocycles. The largest absolute Gasteiger partial charge is 0.467 e. The number of para-hydroxylation sites is 1. The molecular weight excluding hydrogens is 302 g/mol. The van der Waals surface area contributed by atoms with Gasteiger partial charge < -0.3 is 14.7 Å². The highest BCUT2D eigenvalue weighted by Gasteiger charge is 2.15. The van der Waals surface area contributed by atoms with Crippen molar-refractivity contribution in [1.29, 1.82) is 0 Å². The fourth-order valence-electron chi connectivity index (χ4n) is 2.72. The number of fused-ring (bicyclic) bond motifs is 1. The fraction of sp³-hybridized carbons (Fsp3) is 0.316. The van der Waals surface area contributed by atoms with Crippen LogP contribution in [0, 0.1) is 0 Å². The fourth-order valence-corrected chi connectivity index (χ4v) is 2.72. The summed E-state index contributed by atoms with van der Waals surface area (Å²) in [5.74, 6) is 0.797. The Hall–Kier alpha value is -2.53. The summed E-state index contributed by atoms with van der Waals surface area (Å²) < 4.78 is 5.21. The van der Waals surface area contributed by atoms with Gasteiger partial charge in [-0.2, -0.15) is 0 Å². The minimum Gasteiger partial charge on any atom is -0.467 e. The summed E-state index contributed by atoms with van der Waals surface area (Å²) in [6.07, 6.45) is 2.07. The molecule has 2 N–H and O–H groups in total. The molecule has 5 nitrogen and oxygen atoms in total. The molecule has 0 radical (unpaired) electrons. The molecule has 3 aromatic rings. The third kappa shape index (κ3) is 3.86. The monoisotopic (exact) mass is 325 g/mol. The number of aromatic amines is 1. The summed E-state index contributed by atoms with van der Waals surface area (Å²) in [5, 5.41) is 4.09. The van der Waals surface area contributed by atoms with Gasteiger partial charge in [0.25, 0.3) is 0 Å². The molecular formula is C19H23N3O2. The van der Waals surface area contributed by atoms with E-state index >= 15 is 0 Å². The minimum atomic E-state index is 0.0297. The molecule has 3 rings (SSSR count). The lowest BCUT2D eigenvalue weighted by Crippen LogP contribution is -2.30. The maximum absolute atomic E-state index is 12.0. The van der Waals surface area contributed by atoms with Gasteiger partial charge in [0.2, 0.25) is 5.91 Å². The molecule has 0 bridgehead atoms. The average Bonchev–Trinajstić information content (AvgIpc) is 3.25. The maximum Gasteiger partial charge on any atom is 0.221 e. The van der Waals surface area contributed by atoms with Crippen molar-refractivity contribution in [1.82, 2.24) is 15.2 Å². The number of aromatic nitrogens is 1. The molecule has 126 valence electrons. The van der Waals surface area contributed by atoms with Gasteiger partial charge >= 0.3 is 0 Å². The molecule has 0 spiro atoms. The van der Waals surface area contributed by atoms with Crippen LogP contribution in [-0.2, 0) is 11.3 Å². The van der Waals surface area contributed by atoms with E-state index in [1.54, 1.807) is 6.26 Å². The molecule has 0 saturated carbocycles. The number of H-pyrrole nitrogens is 1. The first-order chi connectivity index (χ1) is 11.6. The zero-order valence-electron chi connectivity index (χ0n) is 14.1. The van der Waals surface area contributed by atoms with Gasteiger partial charge in [-0.3, -0.25) is 9.69 Å². The second-order valence-corrected chi connectivity index (χ2v) is 6.07. The van der Waals surface area contributed by atoms with Gasteiger partial charge in [0.05, 0.1) is 12.8 Å². The zero-order chi connectivity index (χ0) is 16.9. The standard InChI is InChI=1S/C19H23N3O2/c1-14(18-12-15-6-3-4-8-17(15)21-18)22(2)10-9-19(23)20-13-16-7-5-11-24-16/h3-8,11-12,14,21H,9-10,13H2,1-2H3,(H,20,23)/t14-/m0/s1. The van der Waals surface area contributed by atoms with Crippen LogP contribution in [0.2, 0.25) is 0 Å². The second kappa shape index (κ2) is 7.36. The van der Waals surface area contributed by atoms with Crippen molar-refractivity contribution in [3.05, 3.63) is 60.2 Å². The number of hydrogen-bond acceptors (Lipinski definition) is 3. The SMILES string of the molecule is C[C@@H](c1cc2ccccc2[nH]1)N(C)CCC(=O)NCc1ccco1. The van der Waals surface area contributed by atoms with E-state index < -0.39 is 0 Å². The van der Waals surface area contributed by atoms with Crippen LogP contribution in [-0.4, -0.2) is 29.4 Å². The lowest BCUT2D eigenvalue weighted by molar-refractivity contribution is -0.121. The van der Waals surface area contributed by atoms with E-state index in [9.17, 15) is 4.79 Å². The average molecular weight is 325 g/mol. The smallest absolute Gasteiger partial charge is 0.221 e. The molecule has 0 aliphatic carbocycles. The van der Waals surface area contributed by atoms with Crippen LogP contribution in [0.3, 0.4) is 0 Å². The molecule has 0 saturated heterocycles. The van der Waals surface area contributed by atoms with Crippen LogP contribution in [0.5, 0.6) is 0 Å². The van der Waals surface area contributed by atoms with Gasteiger partial charge in [0.15, 0.2) is 0 Å². The van der Waals surface area contributed by atoms with E-state index in [1.165, 1.54) is 5.39 Å². The van der Waals surface area contributed by atoms with Gasteiger partial charge in [0.1, 0.15) is 5.76 Å². The first-order valence-electron chi connectivity index (χ1n) is 8.20. The van der Waals surface area contributed by atoms with E-state index in [4.69, 9.17) is 4.42 Å². The molecule has 0 aliphatic heterocycles. The highest BCUT2D eigenvalue weighted by molar-refractivity contribution is 5.80. The summed E-state index contributed by atoms with van der Waals surface area (Å²) in [6, 6.07) is 14.3. The number of nitrogens with one attached hydrogen (secondary N) is 2. The van der Waals surface area contributed by atoms with Crippen LogP contribution >= 0.6 is 0 Å². The summed E-state index contributed by atoms with van der Waals surface area (Å²) in [4.78, 5) is 17.6. The van der Waals surface area contributed by atoms with E-state index in [-0.39, 0.29) is 11.9 Å². The Kier molecular flexibility index (Phi) is 5.01. The summed E-state index contributed by atoms with van der Waals surface area (Å²) in [7, 11) is 2.04. The first kappa shape index (κ1) is 16.3. The maximum atomic E-state index is 12.0. The summed E-state index contributed by atoms with van der Waals surface area (Å²) in [5.41, 5.74) is 2.30. The lowest BCUT2D eigenvalue weighted by atomic mass is 10.2. The Morgan fingerprint density at radius 1 is 1.29 bits per heavy atom. The van der Waals surface area contributed by atoms with Gasteiger partial charge in [-0.05, 0) is 43.6 Å². The van der Waals surface area contributed by atoms with Crippen LogP contribution in [0.25, 0.3) is 10.9 Å². The number of benzene rings is 1. The Balaban J connectivity index is 1.50. The number of hydrogen-bond donors (Lipinski definition) is 2. The molecule has 24 heavy (non-hydrogen) atoms. The predicted octanol–water partition coefficient (Wildman–Crippen LogP) is 3.46. The minimum absolute atomic E-state index is 0.0297. The van der Waals surface area contributed by atoms with Crippen molar-refractivity contribution < 1.29 is 9.21 Å². The van der Waals surface area contributed by atoms with E-state index in [0.717, 1.165) is 17.0 Å². The Labute approximate surface area is 141 Å². The second-order valence-electron chi connectivity index (χ2n) is 6.07. The van der Waals surface area contributed by atoms with Gasteiger partial charge in [-0.1, -0.05) is 18.2 Å². The van der Waals surface area contributed by atoms with Gasteiger partial charge in [-0.15, -0.1) is 0 Å². The normalized spacial score (nSPS) is 12.6.